The quantitative estimate of drug-likeness (QED) is 0.657. The second-order valence-corrected chi connectivity index (χ2v) is 2.37. The van der Waals surface area contributed by atoms with Gasteiger partial charge in [-0.1, -0.05) is 36.1 Å². The first-order valence-electron chi connectivity index (χ1n) is 4.50. The molecule has 1 aliphatic rings. The number of hydrogen-bond acceptors (Lipinski definition) is 2. The van der Waals surface area contributed by atoms with Gasteiger partial charge in [0.15, 0.2) is 0 Å². The van der Waals surface area contributed by atoms with Crippen molar-refractivity contribution in [2.24, 2.45) is 0 Å². The van der Waals surface area contributed by atoms with Crippen molar-refractivity contribution in [3.8, 4) is 0 Å². The lowest BCUT2D eigenvalue weighted by molar-refractivity contribution is -0.137. The SMILES string of the molecule is C.C.C.CC.CN1CCC1=O.CNC(C)=O. The molecule has 0 aromatic heterocycles. The molecule has 1 fully saturated rings. The molecule has 1 heterocycles. The summed E-state index contributed by atoms with van der Waals surface area (Å²) in [6, 6.07) is 0. The maximum atomic E-state index is 10.2. The fourth-order valence-corrected chi connectivity index (χ4v) is 0.427. The summed E-state index contributed by atoms with van der Waals surface area (Å²) in [4.78, 5) is 21.6. The first kappa shape index (κ1) is 29.4. The van der Waals surface area contributed by atoms with Gasteiger partial charge in [0.1, 0.15) is 0 Å². The van der Waals surface area contributed by atoms with E-state index in [1.807, 2.05) is 20.9 Å². The molecular formula is C12H32N2O2. The zero-order chi connectivity index (χ0) is 10.9. The van der Waals surface area contributed by atoms with Crippen LogP contribution in [0.1, 0.15) is 49.5 Å². The Labute approximate surface area is 102 Å². The van der Waals surface area contributed by atoms with Crippen LogP contribution in [0.25, 0.3) is 0 Å². The van der Waals surface area contributed by atoms with Crippen molar-refractivity contribution >= 4 is 11.8 Å². The first-order valence-corrected chi connectivity index (χ1v) is 4.50. The maximum absolute atomic E-state index is 10.2. The average Bonchev–Trinajstić information content (AvgIpc) is 2.18. The van der Waals surface area contributed by atoms with Crippen molar-refractivity contribution in [2.45, 2.75) is 49.5 Å². The molecule has 16 heavy (non-hydrogen) atoms. The lowest BCUT2D eigenvalue weighted by Crippen LogP contribution is -2.39. The fraction of sp³-hybridized carbons (Fsp3) is 0.833. The van der Waals surface area contributed by atoms with Gasteiger partial charge in [0.2, 0.25) is 11.8 Å². The van der Waals surface area contributed by atoms with Gasteiger partial charge in [-0.05, 0) is 0 Å². The van der Waals surface area contributed by atoms with E-state index in [0.29, 0.717) is 0 Å². The number of amides is 2. The van der Waals surface area contributed by atoms with Crippen LogP contribution in [0.15, 0.2) is 0 Å². The van der Waals surface area contributed by atoms with Crippen molar-refractivity contribution < 1.29 is 9.59 Å². The summed E-state index contributed by atoms with van der Waals surface area (Å²) >= 11 is 0. The van der Waals surface area contributed by atoms with E-state index in [1.165, 1.54) is 6.92 Å². The number of β-lactam (4-membered cyclic amide) rings is 1. The summed E-state index contributed by atoms with van der Waals surface area (Å²) in [5.41, 5.74) is 0. The van der Waals surface area contributed by atoms with E-state index in [-0.39, 0.29) is 34.1 Å². The summed E-state index contributed by atoms with van der Waals surface area (Å²) < 4.78 is 0. The predicted molar refractivity (Wildman–Crippen MR) is 73.5 cm³/mol. The lowest BCUT2D eigenvalue weighted by atomic mass is 10.2. The summed E-state index contributed by atoms with van der Waals surface area (Å²) in [6.07, 6.45) is 0.760. The molecule has 0 spiro atoms. The van der Waals surface area contributed by atoms with Gasteiger partial charge < -0.3 is 10.2 Å². The van der Waals surface area contributed by atoms with Gasteiger partial charge >= 0.3 is 0 Å². The summed E-state index contributed by atoms with van der Waals surface area (Å²) in [5, 5.41) is 2.39. The fourth-order valence-electron chi connectivity index (χ4n) is 0.427. The molecule has 0 unspecified atom stereocenters. The lowest BCUT2D eigenvalue weighted by Gasteiger charge is -2.24. The van der Waals surface area contributed by atoms with E-state index in [0.717, 1.165) is 13.0 Å². The Kier molecular flexibility index (Phi) is 35.8. The molecule has 1 aliphatic heterocycles. The molecular weight excluding hydrogens is 204 g/mol. The van der Waals surface area contributed by atoms with Crippen LogP contribution in [-0.4, -0.2) is 37.4 Å². The van der Waals surface area contributed by atoms with E-state index in [1.54, 1.807) is 11.9 Å². The second-order valence-electron chi connectivity index (χ2n) is 2.37. The highest BCUT2D eigenvalue weighted by atomic mass is 16.2. The minimum atomic E-state index is 0. The van der Waals surface area contributed by atoms with Crippen LogP contribution < -0.4 is 5.32 Å². The molecule has 0 radical (unpaired) electrons. The average molecular weight is 236 g/mol. The number of carbonyl (C=O) groups excluding carboxylic acids is 2. The van der Waals surface area contributed by atoms with E-state index >= 15 is 0 Å². The Morgan fingerprint density at radius 2 is 1.50 bits per heavy atom. The van der Waals surface area contributed by atoms with Gasteiger partial charge in [-0.15, -0.1) is 0 Å². The third-order valence-electron chi connectivity index (χ3n) is 1.44. The smallest absolute Gasteiger partial charge is 0.224 e. The molecule has 2 amide bonds. The van der Waals surface area contributed by atoms with Crippen LogP contribution in [0.5, 0.6) is 0 Å². The highest BCUT2D eigenvalue weighted by Gasteiger charge is 2.17. The third kappa shape index (κ3) is 18.7. The van der Waals surface area contributed by atoms with Crippen molar-refractivity contribution in [2.75, 3.05) is 20.6 Å². The van der Waals surface area contributed by atoms with Gasteiger partial charge in [-0.2, -0.15) is 0 Å². The van der Waals surface area contributed by atoms with Crippen LogP contribution in [0.2, 0.25) is 0 Å². The zero-order valence-electron chi connectivity index (χ0n) is 9.18. The second kappa shape index (κ2) is 19.5. The van der Waals surface area contributed by atoms with Crippen molar-refractivity contribution in [1.82, 2.24) is 10.2 Å². The van der Waals surface area contributed by atoms with Gasteiger partial charge in [0, 0.05) is 34.0 Å². The summed E-state index contributed by atoms with van der Waals surface area (Å²) in [6.45, 7) is 6.43. The Balaban J connectivity index is -0.0000000380. The number of carbonyl (C=O) groups is 2. The minimum absolute atomic E-state index is 0. The van der Waals surface area contributed by atoms with Gasteiger partial charge in [-0.25, -0.2) is 0 Å². The molecule has 4 heteroatoms. The number of likely N-dealkylation sites (tertiary alicyclic amines) is 1. The summed E-state index contributed by atoms with van der Waals surface area (Å²) in [7, 11) is 3.41. The van der Waals surface area contributed by atoms with Crippen molar-refractivity contribution in [1.29, 1.82) is 0 Å². The molecule has 0 aliphatic carbocycles. The minimum Gasteiger partial charge on any atom is -0.359 e. The Hall–Kier alpha value is -1.06. The molecule has 0 aromatic rings. The summed E-state index contributed by atoms with van der Waals surface area (Å²) in [5.74, 6) is 0.278. The van der Waals surface area contributed by atoms with Gasteiger partial charge in [0.25, 0.3) is 0 Å². The molecule has 0 atom stereocenters. The Morgan fingerprint density at radius 1 is 1.25 bits per heavy atom. The molecule has 1 N–H and O–H groups in total. The molecule has 0 bridgehead atoms. The molecule has 102 valence electrons. The van der Waals surface area contributed by atoms with Crippen molar-refractivity contribution in [3.63, 3.8) is 0 Å². The van der Waals surface area contributed by atoms with Crippen LogP contribution in [0.4, 0.5) is 0 Å². The van der Waals surface area contributed by atoms with Crippen LogP contribution in [0.3, 0.4) is 0 Å². The Morgan fingerprint density at radius 3 is 1.50 bits per heavy atom. The standard InChI is InChI=1S/C4H7NO.C3H7NO.C2H6.3CH4/c1-5-3-2-4(5)6;1-3(5)4-2;1-2;;;/h2-3H2,1H3;1-2H3,(H,4,5);1-2H3;3*1H4. The molecule has 0 aromatic carbocycles. The van der Waals surface area contributed by atoms with Gasteiger partial charge in [0.05, 0.1) is 0 Å². The normalized spacial score (nSPS) is 10.3. The highest BCUT2D eigenvalue weighted by molar-refractivity contribution is 5.81. The van der Waals surface area contributed by atoms with E-state index in [9.17, 15) is 9.59 Å². The van der Waals surface area contributed by atoms with Crippen LogP contribution >= 0.6 is 0 Å². The molecule has 1 saturated heterocycles. The van der Waals surface area contributed by atoms with E-state index in [4.69, 9.17) is 0 Å². The molecule has 1 rings (SSSR count). The largest absolute Gasteiger partial charge is 0.359 e. The van der Waals surface area contributed by atoms with Crippen LogP contribution in [-0.2, 0) is 9.59 Å². The van der Waals surface area contributed by atoms with E-state index in [2.05, 4.69) is 5.32 Å². The predicted octanol–water partition coefficient (Wildman–Crippen LogP) is 2.54. The first-order chi connectivity index (χ1) is 6.07. The maximum Gasteiger partial charge on any atom is 0.224 e. The van der Waals surface area contributed by atoms with Gasteiger partial charge in [-0.3, -0.25) is 9.59 Å². The number of rotatable bonds is 0. The third-order valence-corrected chi connectivity index (χ3v) is 1.44. The zero-order valence-corrected chi connectivity index (χ0v) is 9.18. The topological polar surface area (TPSA) is 49.4 Å². The Bertz CT molecular complexity index is 159. The molecule has 0 saturated carbocycles. The highest BCUT2D eigenvalue weighted by Crippen LogP contribution is 2.01. The van der Waals surface area contributed by atoms with E-state index < -0.39 is 0 Å². The monoisotopic (exact) mass is 236 g/mol. The molecule has 4 nitrogen and oxygen atoms in total. The number of nitrogens with one attached hydrogen (secondary N) is 1. The number of hydrogen-bond donors (Lipinski definition) is 1. The van der Waals surface area contributed by atoms with Crippen molar-refractivity contribution in [3.05, 3.63) is 0 Å². The number of nitrogens with zero attached hydrogens (tertiary/aromatic N) is 1. The van der Waals surface area contributed by atoms with Crippen LogP contribution in [0, 0.1) is 0 Å².